The van der Waals surface area contributed by atoms with Crippen molar-refractivity contribution in [3.8, 4) is 17.2 Å². The summed E-state index contributed by atoms with van der Waals surface area (Å²) in [6.07, 6.45) is 0.611. The highest BCUT2D eigenvalue weighted by atomic mass is 19.1. The summed E-state index contributed by atoms with van der Waals surface area (Å²) in [6, 6.07) is 10.3. The Bertz CT molecular complexity index is 661. The van der Waals surface area contributed by atoms with Crippen LogP contribution in [-0.4, -0.2) is 27.9 Å². The topological polar surface area (TPSA) is 53.7 Å². The number of hydrogen-bond acceptors (Lipinski definition) is 4. The Morgan fingerprint density at radius 2 is 1.74 bits per heavy atom. The highest BCUT2D eigenvalue weighted by Crippen LogP contribution is 2.43. The predicted octanol–water partition coefficient (Wildman–Crippen LogP) is 3.14. The lowest BCUT2D eigenvalue weighted by molar-refractivity contribution is 0.320. The average molecular weight is 319 g/mol. The van der Waals surface area contributed by atoms with Crippen LogP contribution in [0.2, 0.25) is 0 Å². The van der Waals surface area contributed by atoms with Gasteiger partial charge in [0.1, 0.15) is 5.82 Å². The number of halogens is 1. The maximum absolute atomic E-state index is 13.4. The van der Waals surface area contributed by atoms with Crippen molar-refractivity contribution in [1.82, 2.24) is 0 Å². The first-order valence-corrected chi connectivity index (χ1v) is 7.38. The number of rotatable bonds is 7. The molecule has 23 heavy (non-hydrogen) atoms. The van der Waals surface area contributed by atoms with E-state index < -0.39 is 0 Å². The van der Waals surface area contributed by atoms with Gasteiger partial charge >= 0.3 is 0 Å². The predicted molar refractivity (Wildman–Crippen MR) is 88.0 cm³/mol. The normalized spacial score (nSPS) is 11.9. The second-order valence-electron chi connectivity index (χ2n) is 5.19. The van der Waals surface area contributed by atoms with Gasteiger partial charge in [0.2, 0.25) is 5.75 Å². The van der Waals surface area contributed by atoms with Gasteiger partial charge in [0.15, 0.2) is 11.5 Å². The van der Waals surface area contributed by atoms with E-state index in [1.807, 2.05) is 18.2 Å². The fraction of sp³-hybridized carbons (Fsp3) is 0.333. The first kappa shape index (κ1) is 17.1. The molecule has 4 nitrogen and oxygen atoms in total. The second-order valence-corrected chi connectivity index (χ2v) is 5.19. The Morgan fingerprint density at radius 1 is 1.00 bits per heavy atom. The first-order valence-electron chi connectivity index (χ1n) is 7.38. The molecule has 0 aliphatic heterocycles. The smallest absolute Gasteiger partial charge is 0.203 e. The van der Waals surface area contributed by atoms with Gasteiger partial charge < -0.3 is 19.9 Å². The minimum atomic E-state index is -0.252. The molecule has 1 unspecified atom stereocenters. The van der Waals surface area contributed by atoms with Crippen LogP contribution in [0, 0.1) is 5.82 Å². The summed E-state index contributed by atoms with van der Waals surface area (Å²) < 4.78 is 29.6. The molecule has 0 spiro atoms. The van der Waals surface area contributed by atoms with Crippen LogP contribution in [0.3, 0.4) is 0 Å². The minimum absolute atomic E-state index is 0.0217. The molecule has 2 aromatic carbocycles. The molecule has 2 N–H and O–H groups in total. The van der Waals surface area contributed by atoms with E-state index in [9.17, 15) is 4.39 Å². The van der Waals surface area contributed by atoms with E-state index in [1.54, 1.807) is 27.4 Å². The van der Waals surface area contributed by atoms with E-state index in [0.717, 1.165) is 11.1 Å². The fourth-order valence-corrected chi connectivity index (χ4v) is 2.71. The minimum Gasteiger partial charge on any atom is -0.493 e. The lowest BCUT2D eigenvalue weighted by atomic mass is 9.91. The highest BCUT2D eigenvalue weighted by molar-refractivity contribution is 5.57. The summed E-state index contributed by atoms with van der Waals surface area (Å²) in [7, 11) is 4.72. The highest BCUT2D eigenvalue weighted by Gasteiger charge is 2.22. The van der Waals surface area contributed by atoms with Crippen molar-refractivity contribution in [1.29, 1.82) is 0 Å². The van der Waals surface area contributed by atoms with Gasteiger partial charge in [-0.2, -0.15) is 0 Å². The maximum Gasteiger partial charge on any atom is 0.203 e. The standard InChI is InChI=1S/C18H22FNO3/c1-21-16-8-7-15(17(22-2)18(16)23-3)13(11-20)9-12-5-4-6-14(19)10-12/h4-8,10,13H,9,11,20H2,1-3H3. The molecule has 5 heteroatoms. The number of hydrogen-bond donors (Lipinski definition) is 1. The summed E-state index contributed by atoms with van der Waals surface area (Å²) in [6.45, 7) is 0.405. The average Bonchev–Trinajstić information content (AvgIpc) is 2.58. The molecule has 0 saturated heterocycles. The molecule has 2 aromatic rings. The van der Waals surface area contributed by atoms with E-state index in [1.165, 1.54) is 12.1 Å². The van der Waals surface area contributed by atoms with Crippen molar-refractivity contribution in [3.63, 3.8) is 0 Å². The van der Waals surface area contributed by atoms with Crippen molar-refractivity contribution in [2.75, 3.05) is 27.9 Å². The van der Waals surface area contributed by atoms with Crippen LogP contribution in [-0.2, 0) is 6.42 Å². The van der Waals surface area contributed by atoms with E-state index >= 15 is 0 Å². The van der Waals surface area contributed by atoms with Gasteiger partial charge in [-0.05, 0) is 36.7 Å². The summed E-state index contributed by atoms with van der Waals surface area (Å²) >= 11 is 0. The van der Waals surface area contributed by atoms with Gasteiger partial charge in [-0.1, -0.05) is 18.2 Å². The van der Waals surface area contributed by atoms with Crippen LogP contribution in [0.15, 0.2) is 36.4 Å². The van der Waals surface area contributed by atoms with Gasteiger partial charge in [-0.3, -0.25) is 0 Å². The summed E-state index contributed by atoms with van der Waals surface area (Å²) in [4.78, 5) is 0. The Kier molecular flexibility index (Phi) is 5.82. The third kappa shape index (κ3) is 3.74. The van der Waals surface area contributed by atoms with Crippen LogP contribution in [0.1, 0.15) is 17.0 Å². The van der Waals surface area contributed by atoms with Crippen molar-refractivity contribution in [2.45, 2.75) is 12.3 Å². The quantitative estimate of drug-likeness (QED) is 0.852. The SMILES string of the molecule is COc1ccc(C(CN)Cc2cccc(F)c2)c(OC)c1OC. The molecule has 0 aromatic heterocycles. The first-order chi connectivity index (χ1) is 11.1. The molecule has 0 heterocycles. The van der Waals surface area contributed by atoms with E-state index in [-0.39, 0.29) is 11.7 Å². The monoisotopic (exact) mass is 319 g/mol. The molecular weight excluding hydrogens is 297 g/mol. The van der Waals surface area contributed by atoms with Crippen LogP contribution in [0.4, 0.5) is 4.39 Å². The van der Waals surface area contributed by atoms with Gasteiger partial charge in [-0.25, -0.2) is 4.39 Å². The van der Waals surface area contributed by atoms with E-state index in [4.69, 9.17) is 19.9 Å². The largest absolute Gasteiger partial charge is 0.493 e. The van der Waals surface area contributed by atoms with Crippen LogP contribution >= 0.6 is 0 Å². The second kappa shape index (κ2) is 7.83. The van der Waals surface area contributed by atoms with Crippen LogP contribution in [0.5, 0.6) is 17.2 Å². The Balaban J connectivity index is 2.41. The third-order valence-corrected chi connectivity index (χ3v) is 3.83. The Morgan fingerprint density at radius 3 is 2.30 bits per heavy atom. The van der Waals surface area contributed by atoms with Crippen LogP contribution < -0.4 is 19.9 Å². The maximum atomic E-state index is 13.4. The molecule has 124 valence electrons. The fourth-order valence-electron chi connectivity index (χ4n) is 2.71. The Hall–Kier alpha value is -2.27. The molecular formula is C18H22FNO3. The molecule has 0 radical (unpaired) electrons. The van der Waals surface area contributed by atoms with Crippen molar-refractivity contribution >= 4 is 0 Å². The summed E-state index contributed by atoms with van der Waals surface area (Å²) in [5.41, 5.74) is 7.76. The number of benzene rings is 2. The summed E-state index contributed by atoms with van der Waals surface area (Å²) in [5, 5.41) is 0. The third-order valence-electron chi connectivity index (χ3n) is 3.83. The molecule has 0 amide bonds. The number of nitrogens with two attached hydrogens (primary N) is 1. The molecule has 0 aliphatic rings. The lowest BCUT2D eigenvalue weighted by Gasteiger charge is -2.21. The zero-order valence-corrected chi connectivity index (χ0v) is 13.6. The van der Waals surface area contributed by atoms with Gasteiger partial charge in [0.05, 0.1) is 21.3 Å². The van der Waals surface area contributed by atoms with Gasteiger partial charge in [0.25, 0.3) is 0 Å². The van der Waals surface area contributed by atoms with Crippen LogP contribution in [0.25, 0.3) is 0 Å². The number of methoxy groups -OCH3 is 3. The molecule has 1 atom stereocenters. The molecule has 0 aliphatic carbocycles. The molecule has 2 rings (SSSR count). The molecule has 0 saturated carbocycles. The van der Waals surface area contributed by atoms with Crippen molar-refractivity contribution in [2.24, 2.45) is 5.73 Å². The van der Waals surface area contributed by atoms with E-state index in [0.29, 0.717) is 30.2 Å². The van der Waals surface area contributed by atoms with Gasteiger partial charge in [-0.15, -0.1) is 0 Å². The molecule has 0 bridgehead atoms. The summed E-state index contributed by atoms with van der Waals surface area (Å²) in [5.74, 6) is 1.45. The van der Waals surface area contributed by atoms with E-state index in [2.05, 4.69) is 0 Å². The van der Waals surface area contributed by atoms with Crippen molar-refractivity contribution in [3.05, 3.63) is 53.3 Å². The zero-order valence-electron chi connectivity index (χ0n) is 13.6. The Labute approximate surface area is 136 Å². The zero-order chi connectivity index (χ0) is 16.8. The van der Waals surface area contributed by atoms with Crippen molar-refractivity contribution < 1.29 is 18.6 Å². The molecule has 0 fully saturated rings. The van der Waals surface area contributed by atoms with Gasteiger partial charge in [0, 0.05) is 11.5 Å². The lowest BCUT2D eigenvalue weighted by Crippen LogP contribution is -2.16. The number of ether oxygens (including phenoxy) is 3.